The van der Waals surface area contributed by atoms with Gasteiger partial charge in [-0.3, -0.25) is 9.59 Å². The predicted molar refractivity (Wildman–Crippen MR) is 74.2 cm³/mol. The molecule has 0 saturated heterocycles. The molecule has 2 rings (SSSR count). The van der Waals surface area contributed by atoms with E-state index in [-0.39, 0.29) is 24.7 Å². The second-order valence-corrected chi connectivity index (χ2v) is 5.59. The lowest BCUT2D eigenvalue weighted by Crippen LogP contribution is -2.45. The first-order chi connectivity index (χ1) is 9.44. The molecule has 0 aliphatic heterocycles. The Hall–Kier alpha value is -1.68. The van der Waals surface area contributed by atoms with Crippen molar-refractivity contribution < 1.29 is 19.4 Å². The van der Waals surface area contributed by atoms with E-state index in [1.54, 1.807) is 13.8 Å². The minimum absolute atomic E-state index is 0.000184. The van der Waals surface area contributed by atoms with Crippen molar-refractivity contribution in [2.75, 3.05) is 6.61 Å². The summed E-state index contributed by atoms with van der Waals surface area (Å²) in [6.07, 6.45) is 0.381. The van der Waals surface area contributed by atoms with Gasteiger partial charge in [0, 0.05) is 12.3 Å². The average molecular weight is 276 g/mol. The van der Waals surface area contributed by atoms with Crippen molar-refractivity contribution >= 4 is 11.8 Å². The van der Waals surface area contributed by atoms with Crippen LogP contribution < -0.4 is 0 Å². The van der Waals surface area contributed by atoms with Gasteiger partial charge in [-0.25, -0.2) is 0 Å². The van der Waals surface area contributed by atoms with Crippen LogP contribution in [0.2, 0.25) is 0 Å². The molecule has 1 fully saturated rings. The number of hydrogen-bond acceptors (Lipinski definition) is 4. The molecule has 1 aliphatic rings. The zero-order valence-electron chi connectivity index (χ0n) is 11.8. The summed E-state index contributed by atoms with van der Waals surface area (Å²) in [7, 11) is 0. The molecule has 1 aliphatic carbocycles. The molecule has 1 aromatic rings. The monoisotopic (exact) mass is 276 g/mol. The van der Waals surface area contributed by atoms with Crippen LogP contribution in [0.5, 0.6) is 0 Å². The van der Waals surface area contributed by atoms with Gasteiger partial charge in [0.2, 0.25) is 0 Å². The summed E-state index contributed by atoms with van der Waals surface area (Å²) in [6.45, 7) is 3.61. The first-order valence-electron chi connectivity index (χ1n) is 6.91. The van der Waals surface area contributed by atoms with Crippen LogP contribution in [0, 0.1) is 5.92 Å². The quantitative estimate of drug-likeness (QED) is 0.678. The van der Waals surface area contributed by atoms with E-state index in [0.29, 0.717) is 6.42 Å². The predicted octanol–water partition coefficient (Wildman–Crippen LogP) is 2.06. The largest absolute Gasteiger partial charge is 0.465 e. The van der Waals surface area contributed by atoms with Crippen molar-refractivity contribution in [2.45, 2.75) is 38.2 Å². The Morgan fingerprint density at radius 1 is 1.40 bits per heavy atom. The van der Waals surface area contributed by atoms with E-state index in [9.17, 15) is 14.7 Å². The third-order valence-electron chi connectivity index (χ3n) is 3.73. The standard InChI is InChI=1S/C16H20O4/c1-3-20-15(18)14-12(11-7-5-4-6-8-11)9-16(2,19)10-13(14)17/h4-8,12,14,19H,3,9-10H2,1-2H3/t12-,14+,16+/m0/s1. The van der Waals surface area contributed by atoms with E-state index in [0.717, 1.165) is 5.56 Å². The highest BCUT2D eigenvalue weighted by molar-refractivity contribution is 6.01. The Bertz CT molecular complexity index is 492. The zero-order chi connectivity index (χ0) is 14.8. The molecule has 4 nitrogen and oxygen atoms in total. The molecule has 0 spiro atoms. The van der Waals surface area contributed by atoms with Crippen molar-refractivity contribution in [1.82, 2.24) is 0 Å². The lowest BCUT2D eigenvalue weighted by molar-refractivity contribution is -0.157. The number of ketones is 1. The number of aliphatic hydroxyl groups is 1. The number of rotatable bonds is 3. The van der Waals surface area contributed by atoms with Gasteiger partial charge in [0.15, 0.2) is 5.78 Å². The number of carbonyl (C=O) groups excluding carboxylic acids is 2. The topological polar surface area (TPSA) is 63.6 Å². The van der Waals surface area contributed by atoms with Crippen LogP contribution in [0.3, 0.4) is 0 Å². The Morgan fingerprint density at radius 3 is 2.65 bits per heavy atom. The van der Waals surface area contributed by atoms with E-state index in [1.165, 1.54) is 0 Å². The van der Waals surface area contributed by atoms with Gasteiger partial charge in [0.25, 0.3) is 0 Å². The summed E-state index contributed by atoms with van der Waals surface area (Å²) in [6, 6.07) is 9.37. The summed E-state index contributed by atoms with van der Waals surface area (Å²) in [5.41, 5.74) is -0.181. The molecule has 4 heteroatoms. The first kappa shape index (κ1) is 14.7. The van der Waals surface area contributed by atoms with Crippen LogP contribution in [0.4, 0.5) is 0 Å². The maximum Gasteiger partial charge on any atom is 0.317 e. The van der Waals surface area contributed by atoms with Gasteiger partial charge in [-0.05, 0) is 25.8 Å². The number of ether oxygens (including phenoxy) is 1. The van der Waals surface area contributed by atoms with Crippen LogP contribution in [0.25, 0.3) is 0 Å². The van der Waals surface area contributed by atoms with Gasteiger partial charge >= 0.3 is 5.97 Å². The Balaban J connectivity index is 2.35. The van der Waals surface area contributed by atoms with E-state index in [2.05, 4.69) is 0 Å². The fraction of sp³-hybridized carbons (Fsp3) is 0.500. The Morgan fingerprint density at radius 2 is 2.05 bits per heavy atom. The van der Waals surface area contributed by atoms with Gasteiger partial charge in [-0.2, -0.15) is 0 Å². The summed E-state index contributed by atoms with van der Waals surface area (Å²) in [4.78, 5) is 24.3. The molecular weight excluding hydrogens is 256 g/mol. The molecule has 0 amide bonds. The summed E-state index contributed by atoms with van der Waals surface area (Å²) in [5.74, 6) is -1.86. The van der Waals surface area contributed by atoms with Crippen LogP contribution in [0.1, 0.15) is 38.2 Å². The minimum Gasteiger partial charge on any atom is -0.465 e. The van der Waals surface area contributed by atoms with Gasteiger partial charge in [0.1, 0.15) is 5.92 Å². The first-order valence-corrected chi connectivity index (χ1v) is 6.91. The van der Waals surface area contributed by atoms with Crippen molar-refractivity contribution in [2.24, 2.45) is 5.92 Å². The van der Waals surface area contributed by atoms with Crippen molar-refractivity contribution in [3.05, 3.63) is 35.9 Å². The number of carbonyl (C=O) groups is 2. The highest BCUT2D eigenvalue weighted by Gasteiger charge is 2.46. The number of benzene rings is 1. The third kappa shape index (κ3) is 3.07. The number of esters is 1. The zero-order valence-corrected chi connectivity index (χ0v) is 11.8. The maximum absolute atomic E-state index is 12.2. The van der Waals surface area contributed by atoms with Crippen molar-refractivity contribution in [3.8, 4) is 0 Å². The van der Waals surface area contributed by atoms with Crippen LogP contribution in [-0.2, 0) is 14.3 Å². The van der Waals surface area contributed by atoms with Gasteiger partial charge in [-0.1, -0.05) is 30.3 Å². The highest BCUT2D eigenvalue weighted by atomic mass is 16.5. The number of Topliss-reactive ketones (excluding diaryl/α,β-unsaturated/α-hetero) is 1. The molecule has 20 heavy (non-hydrogen) atoms. The van der Waals surface area contributed by atoms with E-state index in [1.807, 2.05) is 30.3 Å². The fourth-order valence-electron chi connectivity index (χ4n) is 2.91. The smallest absolute Gasteiger partial charge is 0.317 e. The molecular formula is C16H20O4. The van der Waals surface area contributed by atoms with E-state index >= 15 is 0 Å². The molecule has 0 bridgehead atoms. The van der Waals surface area contributed by atoms with E-state index in [4.69, 9.17) is 4.74 Å². The second kappa shape index (κ2) is 5.75. The van der Waals surface area contributed by atoms with Gasteiger partial charge in [0.05, 0.1) is 12.2 Å². The average Bonchev–Trinajstić information content (AvgIpc) is 2.38. The summed E-state index contributed by atoms with van der Waals surface area (Å²) in [5, 5.41) is 10.2. The maximum atomic E-state index is 12.2. The second-order valence-electron chi connectivity index (χ2n) is 5.59. The highest BCUT2D eigenvalue weighted by Crippen LogP contribution is 2.41. The lowest BCUT2D eigenvalue weighted by Gasteiger charge is -2.37. The molecule has 0 radical (unpaired) electrons. The van der Waals surface area contributed by atoms with Crippen molar-refractivity contribution in [1.29, 1.82) is 0 Å². The van der Waals surface area contributed by atoms with Crippen LogP contribution >= 0.6 is 0 Å². The fourth-order valence-corrected chi connectivity index (χ4v) is 2.91. The molecule has 0 aromatic heterocycles. The minimum atomic E-state index is -1.07. The molecule has 1 saturated carbocycles. The summed E-state index contributed by atoms with van der Waals surface area (Å²) < 4.78 is 5.03. The molecule has 3 atom stereocenters. The SMILES string of the molecule is CCOC(=O)[C@H]1C(=O)C[C@](C)(O)C[C@H]1c1ccccc1. The lowest BCUT2D eigenvalue weighted by atomic mass is 9.69. The molecule has 1 aromatic carbocycles. The summed E-state index contributed by atoms with van der Waals surface area (Å²) >= 11 is 0. The van der Waals surface area contributed by atoms with Crippen molar-refractivity contribution in [3.63, 3.8) is 0 Å². The molecule has 0 unspecified atom stereocenters. The van der Waals surface area contributed by atoms with E-state index < -0.39 is 17.5 Å². The van der Waals surface area contributed by atoms with Gasteiger partial charge < -0.3 is 9.84 Å². The Labute approximate surface area is 118 Å². The normalized spacial score (nSPS) is 30.1. The van der Waals surface area contributed by atoms with Crippen LogP contribution in [0.15, 0.2) is 30.3 Å². The number of hydrogen-bond donors (Lipinski definition) is 1. The molecule has 108 valence electrons. The Kier molecular flexibility index (Phi) is 4.23. The third-order valence-corrected chi connectivity index (χ3v) is 3.73. The molecule has 1 N–H and O–H groups in total. The van der Waals surface area contributed by atoms with Crippen LogP contribution in [-0.4, -0.2) is 29.1 Å². The van der Waals surface area contributed by atoms with Gasteiger partial charge in [-0.15, -0.1) is 0 Å². The molecule has 0 heterocycles.